The smallest absolute Gasteiger partial charge is 0.248 e. The highest BCUT2D eigenvalue weighted by atomic mass is 19.3. The summed E-state index contributed by atoms with van der Waals surface area (Å²) in [7, 11) is 0. The van der Waals surface area contributed by atoms with Crippen LogP contribution in [0.25, 0.3) is 0 Å². The molecule has 1 N–H and O–H groups in total. The number of hydrogen-bond donors (Lipinski definition) is 1. The zero-order chi connectivity index (χ0) is 7.19. The summed E-state index contributed by atoms with van der Waals surface area (Å²) in [4.78, 5) is 0. The fourth-order valence-corrected chi connectivity index (χ4v) is 2.12. The molecule has 2 atom stereocenters. The number of alkyl halides is 2. The highest BCUT2D eigenvalue weighted by molar-refractivity contribution is 4.94. The highest BCUT2D eigenvalue weighted by Gasteiger charge is 2.47. The second-order valence-electron chi connectivity index (χ2n) is 3.44. The Morgan fingerprint density at radius 1 is 1.10 bits per heavy atom. The van der Waals surface area contributed by atoms with E-state index in [4.69, 9.17) is 0 Å². The quantitative estimate of drug-likeness (QED) is 0.543. The maximum atomic E-state index is 12.6. The highest BCUT2D eigenvalue weighted by Crippen LogP contribution is 2.44. The number of halogens is 2. The Morgan fingerprint density at radius 3 is 2.10 bits per heavy atom. The van der Waals surface area contributed by atoms with Crippen LogP contribution in [0.1, 0.15) is 12.8 Å². The van der Waals surface area contributed by atoms with Crippen molar-refractivity contribution in [3.8, 4) is 0 Å². The minimum atomic E-state index is -2.35. The summed E-state index contributed by atoms with van der Waals surface area (Å²) in [5.41, 5.74) is 0. The molecule has 0 aromatic rings. The SMILES string of the molecule is FC1(F)C[C@H]2CNC[C@H]2C1. The van der Waals surface area contributed by atoms with Gasteiger partial charge in [-0.3, -0.25) is 0 Å². The predicted octanol–water partition coefficient (Wildman–Crippen LogP) is 1.25. The molecule has 1 aliphatic carbocycles. The summed E-state index contributed by atoms with van der Waals surface area (Å²) in [5.74, 6) is -1.83. The van der Waals surface area contributed by atoms with Gasteiger partial charge in [0.15, 0.2) is 0 Å². The molecule has 0 amide bonds. The van der Waals surface area contributed by atoms with Gasteiger partial charge in [-0.2, -0.15) is 0 Å². The molecule has 58 valence electrons. The Kier molecular flexibility index (Phi) is 1.24. The largest absolute Gasteiger partial charge is 0.316 e. The molecular formula is C7H11F2N. The van der Waals surface area contributed by atoms with E-state index in [0.29, 0.717) is 0 Å². The molecule has 0 radical (unpaired) electrons. The summed E-state index contributed by atoms with van der Waals surface area (Å²) in [6.45, 7) is 1.61. The molecule has 0 aromatic heterocycles. The van der Waals surface area contributed by atoms with Crippen molar-refractivity contribution in [2.75, 3.05) is 13.1 Å². The first-order valence-electron chi connectivity index (χ1n) is 3.76. The summed E-state index contributed by atoms with van der Waals surface area (Å²) in [6, 6.07) is 0. The van der Waals surface area contributed by atoms with Gasteiger partial charge in [0, 0.05) is 12.8 Å². The summed E-state index contributed by atoms with van der Waals surface area (Å²) < 4.78 is 25.3. The van der Waals surface area contributed by atoms with Crippen LogP contribution in [-0.4, -0.2) is 19.0 Å². The van der Waals surface area contributed by atoms with Crippen molar-refractivity contribution in [2.45, 2.75) is 18.8 Å². The molecule has 1 nitrogen and oxygen atoms in total. The second kappa shape index (κ2) is 1.91. The van der Waals surface area contributed by atoms with Gasteiger partial charge in [0.25, 0.3) is 0 Å². The van der Waals surface area contributed by atoms with Crippen molar-refractivity contribution >= 4 is 0 Å². The van der Waals surface area contributed by atoms with Crippen LogP contribution in [0.2, 0.25) is 0 Å². The molecule has 2 fully saturated rings. The standard InChI is InChI=1S/C7H11F2N/c8-7(9)1-5-3-10-4-6(5)2-7/h5-6,10H,1-4H2/t5-,6+. The van der Waals surface area contributed by atoms with Crippen molar-refractivity contribution in [2.24, 2.45) is 11.8 Å². The van der Waals surface area contributed by atoms with E-state index in [1.54, 1.807) is 0 Å². The lowest BCUT2D eigenvalue weighted by Crippen LogP contribution is -2.17. The maximum Gasteiger partial charge on any atom is 0.248 e. The molecule has 0 spiro atoms. The Labute approximate surface area is 58.8 Å². The fourth-order valence-electron chi connectivity index (χ4n) is 2.12. The Morgan fingerprint density at radius 2 is 1.60 bits per heavy atom. The number of nitrogens with one attached hydrogen (secondary N) is 1. The van der Waals surface area contributed by atoms with Crippen LogP contribution >= 0.6 is 0 Å². The van der Waals surface area contributed by atoms with E-state index in [1.165, 1.54) is 0 Å². The minimum Gasteiger partial charge on any atom is -0.316 e. The molecule has 1 saturated heterocycles. The molecular weight excluding hydrogens is 136 g/mol. The predicted molar refractivity (Wildman–Crippen MR) is 34.0 cm³/mol. The van der Waals surface area contributed by atoms with Gasteiger partial charge in [-0.1, -0.05) is 0 Å². The minimum absolute atomic E-state index is 0.116. The van der Waals surface area contributed by atoms with E-state index in [-0.39, 0.29) is 24.7 Å². The van der Waals surface area contributed by atoms with Crippen LogP contribution < -0.4 is 5.32 Å². The molecule has 1 heterocycles. The summed E-state index contributed by atoms with van der Waals surface area (Å²) in [5, 5.41) is 3.13. The fraction of sp³-hybridized carbons (Fsp3) is 1.00. The number of rotatable bonds is 0. The summed E-state index contributed by atoms with van der Waals surface area (Å²) in [6.07, 6.45) is 0.231. The lowest BCUT2D eigenvalue weighted by molar-refractivity contribution is 0.00112. The van der Waals surface area contributed by atoms with Crippen LogP contribution in [0.3, 0.4) is 0 Å². The second-order valence-corrected chi connectivity index (χ2v) is 3.44. The molecule has 1 saturated carbocycles. The normalized spacial score (nSPS) is 43.8. The van der Waals surface area contributed by atoms with Crippen molar-refractivity contribution in [1.29, 1.82) is 0 Å². The van der Waals surface area contributed by atoms with Gasteiger partial charge in [-0.15, -0.1) is 0 Å². The topological polar surface area (TPSA) is 12.0 Å². The molecule has 0 unspecified atom stereocenters. The monoisotopic (exact) mass is 147 g/mol. The molecule has 3 heteroatoms. The lowest BCUT2D eigenvalue weighted by Gasteiger charge is -2.08. The van der Waals surface area contributed by atoms with Gasteiger partial charge in [0.05, 0.1) is 0 Å². The average molecular weight is 147 g/mol. The van der Waals surface area contributed by atoms with Gasteiger partial charge in [-0.25, -0.2) is 8.78 Å². The number of hydrogen-bond acceptors (Lipinski definition) is 1. The third-order valence-electron chi connectivity index (χ3n) is 2.60. The van der Waals surface area contributed by atoms with E-state index >= 15 is 0 Å². The third-order valence-corrected chi connectivity index (χ3v) is 2.60. The van der Waals surface area contributed by atoms with E-state index in [2.05, 4.69) is 5.32 Å². The Bertz CT molecular complexity index is 133. The number of fused-ring (bicyclic) bond motifs is 1. The van der Waals surface area contributed by atoms with Crippen molar-refractivity contribution in [3.63, 3.8) is 0 Å². The van der Waals surface area contributed by atoms with Gasteiger partial charge < -0.3 is 5.32 Å². The Balaban J connectivity index is 2.07. The van der Waals surface area contributed by atoms with Crippen molar-refractivity contribution in [3.05, 3.63) is 0 Å². The van der Waals surface area contributed by atoms with Gasteiger partial charge in [0.1, 0.15) is 0 Å². The van der Waals surface area contributed by atoms with Crippen LogP contribution in [0.15, 0.2) is 0 Å². The van der Waals surface area contributed by atoms with Gasteiger partial charge in [0.2, 0.25) is 5.92 Å². The van der Waals surface area contributed by atoms with Gasteiger partial charge in [-0.05, 0) is 24.9 Å². The van der Waals surface area contributed by atoms with E-state index in [0.717, 1.165) is 13.1 Å². The van der Waals surface area contributed by atoms with E-state index in [1.807, 2.05) is 0 Å². The first-order valence-corrected chi connectivity index (χ1v) is 3.76. The van der Waals surface area contributed by atoms with Crippen molar-refractivity contribution < 1.29 is 8.78 Å². The lowest BCUT2D eigenvalue weighted by atomic mass is 10.0. The molecule has 0 aromatic carbocycles. The zero-order valence-corrected chi connectivity index (χ0v) is 5.74. The maximum absolute atomic E-state index is 12.6. The van der Waals surface area contributed by atoms with Crippen LogP contribution in [0, 0.1) is 11.8 Å². The van der Waals surface area contributed by atoms with Gasteiger partial charge >= 0.3 is 0 Å². The molecule has 0 bridgehead atoms. The Hall–Kier alpha value is -0.180. The molecule has 10 heavy (non-hydrogen) atoms. The van der Waals surface area contributed by atoms with Crippen LogP contribution in [0.5, 0.6) is 0 Å². The summed E-state index contributed by atoms with van der Waals surface area (Å²) >= 11 is 0. The molecule has 2 rings (SSSR count). The van der Waals surface area contributed by atoms with Crippen LogP contribution in [-0.2, 0) is 0 Å². The van der Waals surface area contributed by atoms with E-state index < -0.39 is 5.92 Å². The third kappa shape index (κ3) is 0.926. The van der Waals surface area contributed by atoms with E-state index in [9.17, 15) is 8.78 Å². The molecule has 2 aliphatic rings. The molecule has 1 aliphatic heterocycles. The van der Waals surface area contributed by atoms with Crippen molar-refractivity contribution in [1.82, 2.24) is 5.32 Å². The average Bonchev–Trinajstić information content (AvgIpc) is 2.20. The first kappa shape index (κ1) is 6.53. The first-order chi connectivity index (χ1) is 4.67. The zero-order valence-electron chi connectivity index (χ0n) is 5.74. The van der Waals surface area contributed by atoms with Crippen LogP contribution in [0.4, 0.5) is 8.78 Å².